The number of hydrogen-bond acceptors (Lipinski definition) is 6. The minimum absolute atomic E-state index is 0.520. The molecule has 4 rings (SSSR count). The molecule has 0 amide bonds. The minimum atomic E-state index is 0.520. The van der Waals surface area contributed by atoms with Crippen LogP contribution in [0.2, 0.25) is 0 Å². The Hall–Kier alpha value is -2.86. The quantitative estimate of drug-likeness (QED) is 0.393. The lowest BCUT2D eigenvalue weighted by atomic mass is 10.2. The zero-order valence-electron chi connectivity index (χ0n) is 19.5. The predicted octanol–water partition coefficient (Wildman–Crippen LogP) is 5.50. The minimum Gasteiger partial charge on any atom is -0.494 e. The van der Waals surface area contributed by atoms with E-state index < -0.39 is 0 Å². The first-order valence-corrected chi connectivity index (χ1v) is 11.7. The Kier molecular flexibility index (Phi) is 7.43. The van der Waals surface area contributed by atoms with Crippen molar-refractivity contribution < 1.29 is 9.15 Å². The molecule has 6 heteroatoms. The van der Waals surface area contributed by atoms with Crippen molar-refractivity contribution >= 4 is 5.69 Å². The fourth-order valence-corrected chi connectivity index (χ4v) is 4.08. The van der Waals surface area contributed by atoms with Crippen molar-refractivity contribution in [2.24, 2.45) is 0 Å². The number of nitrogens with zero attached hydrogens (tertiary/aromatic N) is 4. The van der Waals surface area contributed by atoms with Crippen LogP contribution >= 0.6 is 0 Å². The summed E-state index contributed by atoms with van der Waals surface area (Å²) in [5, 5.41) is 8.50. The number of benzene rings is 2. The van der Waals surface area contributed by atoms with Crippen LogP contribution in [0.15, 0.2) is 52.9 Å². The Bertz CT molecular complexity index is 966. The molecule has 1 fully saturated rings. The summed E-state index contributed by atoms with van der Waals surface area (Å²) in [6.07, 6.45) is 6.01. The second-order valence-electron chi connectivity index (χ2n) is 8.74. The monoisotopic (exact) mass is 434 g/mol. The van der Waals surface area contributed by atoms with Gasteiger partial charge in [0, 0.05) is 35.9 Å². The van der Waals surface area contributed by atoms with Crippen molar-refractivity contribution in [3.63, 3.8) is 0 Å². The van der Waals surface area contributed by atoms with Gasteiger partial charge in [-0.1, -0.05) is 26.2 Å². The van der Waals surface area contributed by atoms with Gasteiger partial charge in [-0.3, -0.25) is 0 Å². The maximum atomic E-state index is 5.95. The van der Waals surface area contributed by atoms with E-state index in [1.54, 1.807) is 0 Å². The standard InChI is InChI=1S/C26H34N4O2/c1-4-5-6-7-18-31-24-14-10-21(11-15-24)26-28-27-25(32-26)20-8-12-22(13-9-20)30-17-16-23(19-30)29(2)3/h8-15,23H,4-7,16-19H2,1-3H3. The first-order valence-electron chi connectivity index (χ1n) is 11.7. The van der Waals surface area contributed by atoms with Crippen LogP contribution in [0.1, 0.15) is 39.0 Å². The molecule has 0 saturated carbocycles. The van der Waals surface area contributed by atoms with E-state index in [2.05, 4.69) is 65.3 Å². The summed E-state index contributed by atoms with van der Waals surface area (Å²) in [5.74, 6) is 1.93. The maximum Gasteiger partial charge on any atom is 0.248 e. The van der Waals surface area contributed by atoms with Crippen LogP contribution in [0.25, 0.3) is 22.9 Å². The number of likely N-dealkylation sites (N-methyl/N-ethyl adjacent to an activating group) is 1. The molecule has 1 saturated heterocycles. The van der Waals surface area contributed by atoms with Crippen LogP contribution in [0.3, 0.4) is 0 Å². The van der Waals surface area contributed by atoms with E-state index in [0.717, 1.165) is 43.0 Å². The third-order valence-corrected chi connectivity index (χ3v) is 6.17. The summed E-state index contributed by atoms with van der Waals surface area (Å²) in [5.41, 5.74) is 3.07. The molecular formula is C26H34N4O2. The van der Waals surface area contributed by atoms with Gasteiger partial charge in [0.2, 0.25) is 11.8 Å². The van der Waals surface area contributed by atoms with E-state index in [-0.39, 0.29) is 0 Å². The molecule has 1 aliphatic rings. The van der Waals surface area contributed by atoms with Crippen LogP contribution in [0.4, 0.5) is 5.69 Å². The summed E-state index contributed by atoms with van der Waals surface area (Å²) in [4.78, 5) is 4.74. The lowest BCUT2D eigenvalue weighted by Gasteiger charge is -2.21. The first-order chi connectivity index (χ1) is 15.6. The Morgan fingerprint density at radius 3 is 2.19 bits per heavy atom. The summed E-state index contributed by atoms with van der Waals surface area (Å²) >= 11 is 0. The molecule has 1 aliphatic heterocycles. The fourth-order valence-electron chi connectivity index (χ4n) is 4.08. The lowest BCUT2D eigenvalue weighted by molar-refractivity contribution is 0.305. The summed E-state index contributed by atoms with van der Waals surface area (Å²) < 4.78 is 11.8. The zero-order chi connectivity index (χ0) is 22.3. The molecule has 1 atom stereocenters. The van der Waals surface area contributed by atoms with Crippen molar-refractivity contribution in [1.29, 1.82) is 0 Å². The largest absolute Gasteiger partial charge is 0.494 e. The van der Waals surface area contributed by atoms with Gasteiger partial charge in [0.25, 0.3) is 0 Å². The second kappa shape index (κ2) is 10.6. The van der Waals surface area contributed by atoms with Crippen LogP contribution < -0.4 is 9.64 Å². The van der Waals surface area contributed by atoms with Crippen molar-refractivity contribution in [3.05, 3.63) is 48.5 Å². The highest BCUT2D eigenvalue weighted by Crippen LogP contribution is 2.28. The Labute approximate surface area is 191 Å². The van der Waals surface area contributed by atoms with E-state index in [4.69, 9.17) is 9.15 Å². The number of anilines is 1. The van der Waals surface area contributed by atoms with Gasteiger partial charge in [-0.15, -0.1) is 10.2 Å². The van der Waals surface area contributed by atoms with E-state index in [1.807, 2.05) is 24.3 Å². The molecular weight excluding hydrogens is 400 g/mol. The third-order valence-electron chi connectivity index (χ3n) is 6.17. The van der Waals surface area contributed by atoms with Gasteiger partial charge in [0.15, 0.2) is 0 Å². The molecule has 2 aromatic carbocycles. The average Bonchev–Trinajstić information content (AvgIpc) is 3.50. The highest BCUT2D eigenvalue weighted by molar-refractivity contribution is 5.62. The number of unbranched alkanes of at least 4 members (excludes halogenated alkanes) is 3. The Morgan fingerprint density at radius 1 is 0.938 bits per heavy atom. The van der Waals surface area contributed by atoms with Gasteiger partial charge >= 0.3 is 0 Å². The molecule has 170 valence electrons. The van der Waals surface area contributed by atoms with Gasteiger partial charge in [0.1, 0.15) is 5.75 Å². The smallest absolute Gasteiger partial charge is 0.248 e. The average molecular weight is 435 g/mol. The van der Waals surface area contributed by atoms with Gasteiger partial charge in [-0.05, 0) is 75.5 Å². The van der Waals surface area contributed by atoms with E-state index in [9.17, 15) is 0 Å². The van der Waals surface area contributed by atoms with Crippen molar-refractivity contribution in [2.75, 3.05) is 38.7 Å². The number of hydrogen-bond donors (Lipinski definition) is 0. The van der Waals surface area contributed by atoms with E-state index in [0.29, 0.717) is 17.8 Å². The zero-order valence-corrected chi connectivity index (χ0v) is 19.5. The topological polar surface area (TPSA) is 54.6 Å². The molecule has 1 unspecified atom stereocenters. The molecule has 0 aliphatic carbocycles. The highest BCUT2D eigenvalue weighted by atomic mass is 16.5. The molecule has 3 aromatic rings. The number of aromatic nitrogens is 2. The number of ether oxygens (including phenoxy) is 1. The summed E-state index contributed by atoms with van der Waals surface area (Å²) in [6.45, 7) is 5.13. The van der Waals surface area contributed by atoms with Crippen molar-refractivity contribution in [1.82, 2.24) is 15.1 Å². The van der Waals surface area contributed by atoms with Gasteiger partial charge in [-0.2, -0.15) is 0 Å². The molecule has 2 heterocycles. The van der Waals surface area contributed by atoms with Gasteiger partial charge < -0.3 is 19.0 Å². The SMILES string of the molecule is CCCCCCOc1ccc(-c2nnc(-c3ccc(N4CCC(N(C)C)C4)cc3)o2)cc1. The fraction of sp³-hybridized carbons (Fsp3) is 0.462. The Balaban J connectivity index is 1.35. The Morgan fingerprint density at radius 2 is 1.59 bits per heavy atom. The second-order valence-corrected chi connectivity index (χ2v) is 8.74. The van der Waals surface area contributed by atoms with Crippen molar-refractivity contribution in [3.8, 4) is 28.7 Å². The molecule has 0 spiro atoms. The van der Waals surface area contributed by atoms with Crippen LogP contribution in [-0.2, 0) is 0 Å². The lowest BCUT2D eigenvalue weighted by Crippen LogP contribution is -2.31. The molecule has 0 radical (unpaired) electrons. The highest BCUT2D eigenvalue weighted by Gasteiger charge is 2.24. The van der Waals surface area contributed by atoms with E-state index >= 15 is 0 Å². The van der Waals surface area contributed by atoms with E-state index in [1.165, 1.54) is 31.4 Å². The normalized spacial score (nSPS) is 16.1. The third kappa shape index (κ3) is 5.49. The van der Waals surface area contributed by atoms with Crippen LogP contribution in [-0.4, -0.2) is 54.9 Å². The maximum absolute atomic E-state index is 5.95. The van der Waals surface area contributed by atoms with Crippen LogP contribution in [0, 0.1) is 0 Å². The summed E-state index contributed by atoms with van der Waals surface area (Å²) in [7, 11) is 4.30. The van der Waals surface area contributed by atoms with Crippen LogP contribution in [0.5, 0.6) is 5.75 Å². The summed E-state index contributed by atoms with van der Waals surface area (Å²) in [6, 6.07) is 16.9. The van der Waals surface area contributed by atoms with Gasteiger partial charge in [0.05, 0.1) is 6.61 Å². The molecule has 6 nitrogen and oxygen atoms in total. The predicted molar refractivity (Wildman–Crippen MR) is 129 cm³/mol. The van der Waals surface area contributed by atoms with Gasteiger partial charge in [-0.25, -0.2) is 0 Å². The molecule has 32 heavy (non-hydrogen) atoms. The number of rotatable bonds is 10. The van der Waals surface area contributed by atoms with Crippen molar-refractivity contribution in [2.45, 2.75) is 45.1 Å². The first kappa shape index (κ1) is 22.3. The molecule has 0 bridgehead atoms. The molecule has 0 N–H and O–H groups in total. The molecule has 1 aromatic heterocycles.